The van der Waals surface area contributed by atoms with Crippen molar-refractivity contribution >= 4 is 17.2 Å². The first-order chi connectivity index (χ1) is 12.3. The number of thiophene rings is 1. The Kier molecular flexibility index (Phi) is 6.48. The van der Waals surface area contributed by atoms with Crippen LogP contribution in [0.2, 0.25) is 0 Å². The number of rotatable bonds is 7. The third kappa shape index (κ3) is 5.06. The molecule has 0 radical (unpaired) electrons. The Balaban J connectivity index is 1.52. The van der Waals surface area contributed by atoms with Gasteiger partial charge in [-0.2, -0.15) is 0 Å². The molecule has 2 heterocycles. The molecule has 0 unspecified atom stereocenters. The molecule has 0 saturated carbocycles. The molecule has 1 aliphatic rings. The first-order valence-electron chi connectivity index (χ1n) is 9.01. The minimum absolute atomic E-state index is 0.0498. The standard InChI is InChI=1S/C20H26N2O2S/c1-2-24-18-9-4-3-8-17(18)15-22-11-5-7-16(14-22)13-21-20(23)19-10-6-12-25-19/h3-4,6,8-10,12,16H,2,5,7,11,13-15H2,1H3,(H,21,23)/t16-/m0/s1. The van der Waals surface area contributed by atoms with Crippen LogP contribution in [0.4, 0.5) is 0 Å². The molecule has 1 aromatic heterocycles. The van der Waals surface area contributed by atoms with E-state index in [1.54, 1.807) is 0 Å². The van der Waals surface area contributed by atoms with Gasteiger partial charge in [0.1, 0.15) is 5.75 Å². The second-order valence-electron chi connectivity index (χ2n) is 6.47. The van der Waals surface area contributed by atoms with Crippen molar-refractivity contribution in [1.29, 1.82) is 0 Å². The third-order valence-electron chi connectivity index (χ3n) is 4.57. The number of likely N-dealkylation sites (tertiary alicyclic amines) is 1. The Labute approximate surface area is 153 Å². The molecule has 5 heteroatoms. The summed E-state index contributed by atoms with van der Waals surface area (Å²) in [6.45, 7) is 6.49. The molecule has 0 bridgehead atoms. The monoisotopic (exact) mass is 358 g/mol. The van der Waals surface area contributed by atoms with Crippen molar-refractivity contribution < 1.29 is 9.53 Å². The second kappa shape index (κ2) is 9.02. The lowest BCUT2D eigenvalue weighted by Crippen LogP contribution is -2.40. The number of para-hydroxylation sites is 1. The average molecular weight is 359 g/mol. The Hall–Kier alpha value is -1.85. The Morgan fingerprint density at radius 3 is 3.00 bits per heavy atom. The van der Waals surface area contributed by atoms with Gasteiger partial charge in [-0.25, -0.2) is 0 Å². The highest BCUT2D eigenvalue weighted by Gasteiger charge is 2.21. The molecular weight excluding hydrogens is 332 g/mol. The van der Waals surface area contributed by atoms with E-state index in [2.05, 4.69) is 22.3 Å². The molecule has 0 aliphatic carbocycles. The summed E-state index contributed by atoms with van der Waals surface area (Å²) in [7, 11) is 0. The van der Waals surface area contributed by atoms with Gasteiger partial charge in [0, 0.05) is 25.2 Å². The normalized spacial score (nSPS) is 18.0. The number of ether oxygens (including phenoxy) is 1. The summed E-state index contributed by atoms with van der Waals surface area (Å²) in [5, 5.41) is 5.03. The number of piperidine rings is 1. The van der Waals surface area contributed by atoms with Gasteiger partial charge in [0.25, 0.3) is 5.91 Å². The summed E-state index contributed by atoms with van der Waals surface area (Å²) in [6.07, 6.45) is 2.35. The van der Waals surface area contributed by atoms with E-state index >= 15 is 0 Å². The number of carbonyl (C=O) groups is 1. The number of benzene rings is 1. The molecule has 25 heavy (non-hydrogen) atoms. The number of nitrogens with zero attached hydrogens (tertiary/aromatic N) is 1. The van der Waals surface area contributed by atoms with E-state index in [0.29, 0.717) is 12.5 Å². The van der Waals surface area contributed by atoms with Crippen molar-refractivity contribution in [3.8, 4) is 5.75 Å². The van der Waals surface area contributed by atoms with Crippen LogP contribution in [0.5, 0.6) is 5.75 Å². The molecule has 1 amide bonds. The SMILES string of the molecule is CCOc1ccccc1CN1CCC[C@@H](CNC(=O)c2cccs2)C1. The molecule has 1 fully saturated rings. The Bertz CT molecular complexity index is 672. The number of hydrogen-bond acceptors (Lipinski definition) is 4. The van der Waals surface area contributed by atoms with Gasteiger partial charge in [-0.15, -0.1) is 11.3 Å². The van der Waals surface area contributed by atoms with Crippen molar-refractivity contribution in [2.45, 2.75) is 26.3 Å². The van der Waals surface area contributed by atoms with Crippen molar-refractivity contribution in [1.82, 2.24) is 10.2 Å². The van der Waals surface area contributed by atoms with E-state index in [-0.39, 0.29) is 5.91 Å². The first-order valence-corrected chi connectivity index (χ1v) is 9.89. The summed E-state index contributed by atoms with van der Waals surface area (Å²) in [4.78, 5) is 15.4. The van der Waals surface area contributed by atoms with E-state index in [1.165, 1.54) is 29.7 Å². The van der Waals surface area contributed by atoms with Crippen molar-refractivity contribution in [2.75, 3.05) is 26.2 Å². The van der Waals surface area contributed by atoms with Gasteiger partial charge in [-0.05, 0) is 49.7 Å². The van der Waals surface area contributed by atoms with Gasteiger partial charge < -0.3 is 10.1 Å². The van der Waals surface area contributed by atoms with Crippen LogP contribution in [-0.2, 0) is 6.54 Å². The smallest absolute Gasteiger partial charge is 0.261 e. The van der Waals surface area contributed by atoms with Crippen LogP contribution in [0.1, 0.15) is 35.0 Å². The third-order valence-corrected chi connectivity index (χ3v) is 5.43. The molecule has 1 saturated heterocycles. The first kappa shape index (κ1) is 18.0. The van der Waals surface area contributed by atoms with E-state index in [0.717, 1.165) is 36.8 Å². The minimum Gasteiger partial charge on any atom is -0.494 e. The topological polar surface area (TPSA) is 41.6 Å². The van der Waals surface area contributed by atoms with Crippen molar-refractivity contribution in [2.24, 2.45) is 5.92 Å². The Morgan fingerprint density at radius 2 is 2.20 bits per heavy atom. The zero-order valence-corrected chi connectivity index (χ0v) is 15.6. The molecule has 3 rings (SSSR count). The fraction of sp³-hybridized carbons (Fsp3) is 0.450. The maximum absolute atomic E-state index is 12.1. The molecule has 1 N–H and O–H groups in total. The molecule has 1 aliphatic heterocycles. The number of hydrogen-bond donors (Lipinski definition) is 1. The molecule has 134 valence electrons. The zero-order chi connectivity index (χ0) is 17.5. The van der Waals surface area contributed by atoms with Gasteiger partial charge in [0.2, 0.25) is 0 Å². The lowest BCUT2D eigenvalue weighted by molar-refractivity contribution is 0.0934. The van der Waals surface area contributed by atoms with E-state index in [4.69, 9.17) is 4.74 Å². The zero-order valence-electron chi connectivity index (χ0n) is 14.7. The lowest BCUT2D eigenvalue weighted by Gasteiger charge is -2.33. The van der Waals surface area contributed by atoms with E-state index in [1.807, 2.05) is 36.6 Å². The lowest BCUT2D eigenvalue weighted by atomic mass is 9.97. The fourth-order valence-corrected chi connectivity index (χ4v) is 4.01. The molecule has 1 aromatic carbocycles. The van der Waals surface area contributed by atoms with E-state index in [9.17, 15) is 4.79 Å². The van der Waals surface area contributed by atoms with Gasteiger partial charge >= 0.3 is 0 Å². The summed E-state index contributed by atoms with van der Waals surface area (Å²) >= 11 is 1.49. The van der Waals surface area contributed by atoms with Crippen LogP contribution in [0, 0.1) is 5.92 Å². The Morgan fingerprint density at radius 1 is 1.32 bits per heavy atom. The largest absolute Gasteiger partial charge is 0.494 e. The fourth-order valence-electron chi connectivity index (χ4n) is 3.37. The summed E-state index contributed by atoms with van der Waals surface area (Å²) in [5.41, 5.74) is 1.24. The van der Waals surface area contributed by atoms with Crippen LogP contribution in [0.15, 0.2) is 41.8 Å². The summed E-state index contributed by atoms with van der Waals surface area (Å²) < 4.78 is 5.74. The van der Waals surface area contributed by atoms with Gasteiger partial charge in [0.05, 0.1) is 11.5 Å². The second-order valence-corrected chi connectivity index (χ2v) is 7.42. The van der Waals surface area contributed by atoms with E-state index < -0.39 is 0 Å². The van der Waals surface area contributed by atoms with Gasteiger partial charge in [-0.3, -0.25) is 9.69 Å². The number of nitrogens with one attached hydrogen (secondary N) is 1. The minimum atomic E-state index is 0.0498. The molecule has 2 aromatic rings. The average Bonchev–Trinajstić information content (AvgIpc) is 3.17. The highest BCUT2D eigenvalue weighted by Crippen LogP contribution is 2.23. The van der Waals surface area contributed by atoms with Crippen LogP contribution in [0.3, 0.4) is 0 Å². The van der Waals surface area contributed by atoms with Gasteiger partial charge in [0.15, 0.2) is 0 Å². The van der Waals surface area contributed by atoms with Crippen LogP contribution >= 0.6 is 11.3 Å². The molecule has 4 nitrogen and oxygen atoms in total. The van der Waals surface area contributed by atoms with Crippen LogP contribution in [-0.4, -0.2) is 37.0 Å². The van der Waals surface area contributed by atoms with Crippen molar-refractivity contribution in [3.63, 3.8) is 0 Å². The number of carbonyl (C=O) groups excluding carboxylic acids is 1. The predicted molar refractivity (Wildman–Crippen MR) is 102 cm³/mol. The maximum Gasteiger partial charge on any atom is 0.261 e. The quantitative estimate of drug-likeness (QED) is 0.819. The van der Waals surface area contributed by atoms with Crippen molar-refractivity contribution in [3.05, 3.63) is 52.2 Å². The van der Waals surface area contributed by atoms with Gasteiger partial charge in [-0.1, -0.05) is 24.3 Å². The highest BCUT2D eigenvalue weighted by atomic mass is 32.1. The summed E-state index contributed by atoms with van der Waals surface area (Å²) in [6, 6.07) is 12.1. The summed E-state index contributed by atoms with van der Waals surface area (Å²) in [5.74, 6) is 1.55. The molecule has 1 atom stereocenters. The van der Waals surface area contributed by atoms with Crippen LogP contribution in [0.25, 0.3) is 0 Å². The molecular formula is C20H26N2O2S. The molecule has 0 spiro atoms. The predicted octanol–water partition coefficient (Wildman–Crippen LogP) is 3.79. The number of amides is 1. The highest BCUT2D eigenvalue weighted by molar-refractivity contribution is 7.12. The van der Waals surface area contributed by atoms with Crippen LogP contribution < -0.4 is 10.1 Å². The maximum atomic E-state index is 12.1.